The second-order valence-electron chi connectivity index (χ2n) is 5.37. The van der Waals surface area contributed by atoms with Gasteiger partial charge in [-0.25, -0.2) is 4.79 Å². The van der Waals surface area contributed by atoms with E-state index in [4.69, 9.17) is 9.63 Å². The summed E-state index contributed by atoms with van der Waals surface area (Å²) in [6.07, 6.45) is 5.60. The van der Waals surface area contributed by atoms with Crippen LogP contribution in [0.3, 0.4) is 0 Å². The number of carboxylic acid groups (broad SMARTS) is 1. The molecule has 0 amide bonds. The van der Waals surface area contributed by atoms with Gasteiger partial charge in [-0.15, -0.1) is 0 Å². The van der Waals surface area contributed by atoms with Crippen LogP contribution in [0.5, 0.6) is 0 Å². The monoisotopic (exact) mass is 223 g/mol. The van der Waals surface area contributed by atoms with Gasteiger partial charge in [-0.2, -0.15) is 0 Å². The lowest BCUT2D eigenvalue weighted by atomic mass is 9.71. The Labute approximate surface area is 94.6 Å². The quantitative estimate of drug-likeness (QED) is 0.836. The fourth-order valence-electron chi connectivity index (χ4n) is 2.63. The predicted molar refractivity (Wildman–Crippen MR) is 58.5 cm³/mol. The minimum absolute atomic E-state index is 0.206. The van der Waals surface area contributed by atoms with E-state index < -0.39 is 5.97 Å². The highest BCUT2D eigenvalue weighted by molar-refractivity contribution is 5.88. The summed E-state index contributed by atoms with van der Waals surface area (Å²) in [5, 5.41) is 12.6. The maximum Gasteiger partial charge on any atom is 0.340 e. The predicted octanol–water partition coefficient (Wildman–Crippen LogP) is 3.06. The molecule has 1 fully saturated rings. The average Bonchev–Trinajstić information content (AvgIpc) is 2.64. The van der Waals surface area contributed by atoms with Crippen LogP contribution in [0.1, 0.15) is 61.6 Å². The van der Waals surface area contributed by atoms with Crippen molar-refractivity contribution in [1.82, 2.24) is 5.16 Å². The molecule has 88 valence electrons. The molecule has 4 heteroatoms. The first-order chi connectivity index (χ1) is 7.49. The van der Waals surface area contributed by atoms with Gasteiger partial charge in [0.05, 0.1) is 6.20 Å². The minimum Gasteiger partial charge on any atom is -0.478 e. The number of carbonyl (C=O) groups is 1. The molecule has 1 aliphatic rings. The molecule has 2 rings (SSSR count). The third-order valence-electron chi connectivity index (χ3n) is 3.40. The van der Waals surface area contributed by atoms with Crippen LogP contribution in [-0.2, 0) is 0 Å². The molecular formula is C12H17NO3. The molecule has 1 aromatic heterocycles. The van der Waals surface area contributed by atoms with Crippen molar-refractivity contribution in [2.75, 3.05) is 0 Å². The fourth-order valence-corrected chi connectivity index (χ4v) is 2.63. The smallest absolute Gasteiger partial charge is 0.340 e. The maximum absolute atomic E-state index is 11.0. The molecule has 1 saturated carbocycles. The van der Waals surface area contributed by atoms with Crippen LogP contribution in [-0.4, -0.2) is 16.2 Å². The lowest BCUT2D eigenvalue weighted by Crippen LogP contribution is -2.22. The highest BCUT2D eigenvalue weighted by Crippen LogP contribution is 2.44. The highest BCUT2D eigenvalue weighted by atomic mass is 16.5. The van der Waals surface area contributed by atoms with Crippen LogP contribution in [0.15, 0.2) is 10.7 Å². The molecule has 0 aliphatic heterocycles. The van der Waals surface area contributed by atoms with Gasteiger partial charge in [0.25, 0.3) is 0 Å². The first-order valence-electron chi connectivity index (χ1n) is 5.67. The van der Waals surface area contributed by atoms with Crippen LogP contribution >= 0.6 is 0 Å². The van der Waals surface area contributed by atoms with E-state index in [2.05, 4.69) is 19.0 Å². The summed E-state index contributed by atoms with van der Waals surface area (Å²) in [7, 11) is 0. The molecule has 1 aliphatic carbocycles. The lowest BCUT2D eigenvalue weighted by Gasteiger charge is -2.34. The van der Waals surface area contributed by atoms with Gasteiger partial charge in [0.1, 0.15) is 5.56 Å². The molecule has 4 nitrogen and oxygen atoms in total. The number of nitrogens with zero attached hydrogens (tertiary/aromatic N) is 1. The van der Waals surface area contributed by atoms with Crippen molar-refractivity contribution in [1.29, 1.82) is 0 Å². The van der Waals surface area contributed by atoms with E-state index in [1.807, 2.05) is 0 Å². The average molecular weight is 223 g/mol. The van der Waals surface area contributed by atoms with Gasteiger partial charge >= 0.3 is 5.97 Å². The second kappa shape index (κ2) is 3.92. The summed E-state index contributed by atoms with van der Waals surface area (Å²) in [6.45, 7) is 4.44. The van der Waals surface area contributed by atoms with Crippen molar-refractivity contribution in [2.45, 2.75) is 45.4 Å². The Morgan fingerprint density at radius 3 is 3.00 bits per heavy atom. The zero-order chi connectivity index (χ0) is 11.8. The third kappa shape index (κ3) is 2.10. The Kier molecular flexibility index (Phi) is 2.74. The van der Waals surface area contributed by atoms with E-state index in [0.717, 1.165) is 19.3 Å². The molecule has 0 saturated heterocycles. The number of rotatable bonds is 2. The van der Waals surface area contributed by atoms with Crippen LogP contribution in [0.25, 0.3) is 0 Å². The summed E-state index contributed by atoms with van der Waals surface area (Å²) in [5.74, 6) is -0.183. The SMILES string of the molecule is CC1(C)CCCC(c2oncc2C(=O)O)C1. The normalized spacial score (nSPS) is 24.2. The summed E-state index contributed by atoms with van der Waals surface area (Å²) >= 11 is 0. The van der Waals surface area contributed by atoms with Gasteiger partial charge in [-0.3, -0.25) is 0 Å². The van der Waals surface area contributed by atoms with Crippen LogP contribution < -0.4 is 0 Å². The lowest BCUT2D eigenvalue weighted by molar-refractivity contribution is 0.0691. The minimum atomic E-state index is -0.945. The molecule has 1 atom stereocenters. The zero-order valence-electron chi connectivity index (χ0n) is 9.69. The summed E-state index contributed by atoms with van der Waals surface area (Å²) < 4.78 is 5.13. The van der Waals surface area contributed by atoms with E-state index >= 15 is 0 Å². The Balaban J connectivity index is 2.23. The van der Waals surface area contributed by atoms with E-state index in [1.54, 1.807) is 0 Å². The molecule has 0 bridgehead atoms. The number of aromatic nitrogens is 1. The van der Waals surface area contributed by atoms with Gasteiger partial charge in [0.2, 0.25) is 0 Å². The molecule has 0 spiro atoms. The fraction of sp³-hybridized carbons (Fsp3) is 0.667. The van der Waals surface area contributed by atoms with Crippen LogP contribution in [0, 0.1) is 5.41 Å². The molecule has 0 aromatic carbocycles. The van der Waals surface area contributed by atoms with Gasteiger partial charge in [0, 0.05) is 5.92 Å². The van der Waals surface area contributed by atoms with Crippen molar-refractivity contribution >= 4 is 5.97 Å². The Morgan fingerprint density at radius 1 is 1.62 bits per heavy atom. The van der Waals surface area contributed by atoms with Gasteiger partial charge in [0.15, 0.2) is 5.76 Å². The standard InChI is InChI=1S/C12H17NO3/c1-12(2)5-3-4-8(6-12)10-9(11(14)15)7-13-16-10/h7-8H,3-6H2,1-2H3,(H,14,15). The number of hydrogen-bond acceptors (Lipinski definition) is 3. The Bertz CT molecular complexity index is 395. The van der Waals surface area contributed by atoms with E-state index in [-0.39, 0.29) is 16.9 Å². The van der Waals surface area contributed by atoms with Crippen molar-refractivity contribution in [3.05, 3.63) is 17.5 Å². The van der Waals surface area contributed by atoms with Gasteiger partial charge < -0.3 is 9.63 Å². The number of carboxylic acids is 1. The first-order valence-corrected chi connectivity index (χ1v) is 5.67. The zero-order valence-corrected chi connectivity index (χ0v) is 9.69. The third-order valence-corrected chi connectivity index (χ3v) is 3.40. The second-order valence-corrected chi connectivity index (χ2v) is 5.37. The molecule has 0 radical (unpaired) electrons. The first kappa shape index (κ1) is 11.2. The number of hydrogen-bond donors (Lipinski definition) is 1. The molecule has 1 unspecified atom stereocenters. The van der Waals surface area contributed by atoms with Gasteiger partial charge in [-0.1, -0.05) is 25.4 Å². The van der Waals surface area contributed by atoms with Crippen molar-refractivity contribution in [3.8, 4) is 0 Å². The number of aromatic carboxylic acids is 1. The Morgan fingerprint density at radius 2 is 2.38 bits per heavy atom. The topological polar surface area (TPSA) is 63.3 Å². The molecule has 1 heterocycles. The van der Waals surface area contributed by atoms with Crippen LogP contribution in [0.2, 0.25) is 0 Å². The summed E-state index contributed by atoms with van der Waals surface area (Å²) in [5.41, 5.74) is 0.494. The van der Waals surface area contributed by atoms with Crippen molar-refractivity contribution < 1.29 is 14.4 Å². The van der Waals surface area contributed by atoms with Crippen molar-refractivity contribution in [2.24, 2.45) is 5.41 Å². The van der Waals surface area contributed by atoms with Crippen LogP contribution in [0.4, 0.5) is 0 Å². The Hall–Kier alpha value is -1.32. The van der Waals surface area contributed by atoms with E-state index in [0.29, 0.717) is 5.76 Å². The van der Waals surface area contributed by atoms with Gasteiger partial charge in [-0.05, 0) is 24.7 Å². The van der Waals surface area contributed by atoms with E-state index in [9.17, 15) is 4.79 Å². The highest BCUT2D eigenvalue weighted by Gasteiger charge is 2.33. The molecule has 1 aromatic rings. The largest absolute Gasteiger partial charge is 0.478 e. The summed E-state index contributed by atoms with van der Waals surface area (Å²) in [6, 6.07) is 0. The molecule has 1 N–H and O–H groups in total. The van der Waals surface area contributed by atoms with Crippen molar-refractivity contribution in [3.63, 3.8) is 0 Å². The van der Waals surface area contributed by atoms with E-state index in [1.165, 1.54) is 12.6 Å². The molecular weight excluding hydrogens is 206 g/mol. The molecule has 16 heavy (non-hydrogen) atoms. The summed E-state index contributed by atoms with van der Waals surface area (Å²) in [4.78, 5) is 11.0. The maximum atomic E-state index is 11.0.